The molecule has 7 heteroatoms. The number of rotatable bonds is 4. The van der Waals surface area contributed by atoms with Crippen LogP contribution in [0.2, 0.25) is 0 Å². The molecule has 5 nitrogen and oxygen atoms in total. The molecule has 2 N–H and O–H groups in total. The Bertz CT molecular complexity index is 1160. The first-order chi connectivity index (χ1) is 12.9. The number of hydrogen-bond acceptors (Lipinski definition) is 2. The van der Waals surface area contributed by atoms with Gasteiger partial charge in [0.2, 0.25) is 0 Å². The maximum absolute atomic E-state index is 14.2. The number of benzene rings is 2. The fourth-order valence-corrected chi connectivity index (χ4v) is 3.15. The first kappa shape index (κ1) is 17.0. The van der Waals surface area contributed by atoms with Gasteiger partial charge in [0.1, 0.15) is 0 Å². The van der Waals surface area contributed by atoms with E-state index in [9.17, 15) is 13.6 Å². The highest BCUT2D eigenvalue weighted by Gasteiger charge is 2.19. The van der Waals surface area contributed by atoms with Gasteiger partial charge in [-0.15, -0.1) is 0 Å². The van der Waals surface area contributed by atoms with E-state index in [1.165, 1.54) is 12.3 Å². The molecule has 0 spiro atoms. The van der Waals surface area contributed by atoms with Gasteiger partial charge in [-0.3, -0.25) is 4.79 Å². The summed E-state index contributed by atoms with van der Waals surface area (Å²) in [5.41, 5.74) is 8.48. The van der Waals surface area contributed by atoms with Gasteiger partial charge in [0.25, 0.3) is 5.91 Å². The van der Waals surface area contributed by atoms with Crippen LogP contribution in [-0.4, -0.2) is 20.3 Å². The molecule has 136 valence electrons. The van der Waals surface area contributed by atoms with E-state index in [0.29, 0.717) is 12.1 Å². The molecule has 0 atom stereocenters. The maximum Gasteiger partial charge on any atom is 0.250 e. The molecule has 0 aliphatic carbocycles. The Morgan fingerprint density at radius 2 is 1.85 bits per heavy atom. The molecular formula is C20H16F2N4O. The second-order valence-corrected chi connectivity index (χ2v) is 6.36. The van der Waals surface area contributed by atoms with Crippen molar-refractivity contribution < 1.29 is 13.6 Å². The Morgan fingerprint density at radius 1 is 1.11 bits per heavy atom. The molecule has 0 bridgehead atoms. The highest BCUT2D eigenvalue weighted by molar-refractivity contribution is 6.06. The van der Waals surface area contributed by atoms with Gasteiger partial charge >= 0.3 is 0 Å². The summed E-state index contributed by atoms with van der Waals surface area (Å²) in [4.78, 5) is 11.7. The zero-order valence-electron chi connectivity index (χ0n) is 14.5. The van der Waals surface area contributed by atoms with Crippen LogP contribution in [0, 0.1) is 18.6 Å². The topological polar surface area (TPSA) is 65.8 Å². The molecule has 4 aromatic rings. The van der Waals surface area contributed by atoms with Crippen molar-refractivity contribution in [3.05, 3.63) is 83.3 Å². The highest BCUT2D eigenvalue weighted by atomic mass is 19.2. The van der Waals surface area contributed by atoms with Crippen LogP contribution in [-0.2, 0) is 6.54 Å². The molecule has 0 radical (unpaired) electrons. The van der Waals surface area contributed by atoms with E-state index in [1.807, 2.05) is 43.5 Å². The van der Waals surface area contributed by atoms with Crippen molar-refractivity contribution in [2.24, 2.45) is 5.73 Å². The summed E-state index contributed by atoms with van der Waals surface area (Å²) >= 11 is 0. The van der Waals surface area contributed by atoms with E-state index in [0.717, 1.165) is 23.0 Å². The Kier molecular flexibility index (Phi) is 3.99. The summed E-state index contributed by atoms with van der Waals surface area (Å²) in [6.07, 6.45) is 3.33. The monoisotopic (exact) mass is 366 g/mol. The standard InChI is InChI=1S/C20H16F2N4O/c1-12-8-9-26(24-12)14-4-2-13(3-5-14)10-25-11-15(20(23)27)18-17(25)7-6-16(21)19(18)22/h2-9,11H,10H2,1H3,(H2,23,27). The number of carbonyl (C=O) groups excluding carboxylic acids is 1. The van der Waals surface area contributed by atoms with Gasteiger partial charge < -0.3 is 10.3 Å². The third kappa shape index (κ3) is 2.97. The molecule has 0 saturated heterocycles. The van der Waals surface area contributed by atoms with Gasteiger partial charge in [-0.2, -0.15) is 5.10 Å². The van der Waals surface area contributed by atoms with Crippen LogP contribution in [0.1, 0.15) is 21.6 Å². The van der Waals surface area contributed by atoms with Crippen LogP contribution in [0.5, 0.6) is 0 Å². The van der Waals surface area contributed by atoms with Crippen molar-refractivity contribution in [1.29, 1.82) is 0 Å². The average Bonchev–Trinajstić information content (AvgIpc) is 3.23. The quantitative estimate of drug-likeness (QED) is 0.600. The zero-order valence-corrected chi connectivity index (χ0v) is 14.5. The molecule has 2 aromatic carbocycles. The fourth-order valence-electron chi connectivity index (χ4n) is 3.15. The molecular weight excluding hydrogens is 350 g/mol. The number of nitrogens with two attached hydrogens (primary N) is 1. The van der Waals surface area contributed by atoms with Crippen LogP contribution in [0.15, 0.2) is 54.9 Å². The van der Waals surface area contributed by atoms with Crippen molar-refractivity contribution in [3.63, 3.8) is 0 Å². The molecule has 1 amide bonds. The molecule has 0 saturated carbocycles. The second kappa shape index (κ2) is 6.35. The first-order valence-electron chi connectivity index (χ1n) is 8.32. The van der Waals surface area contributed by atoms with Crippen molar-refractivity contribution in [1.82, 2.24) is 14.3 Å². The van der Waals surface area contributed by atoms with Gasteiger partial charge in [-0.1, -0.05) is 12.1 Å². The average molecular weight is 366 g/mol. The summed E-state index contributed by atoms with van der Waals surface area (Å²) in [5, 5.41) is 4.27. The number of primary amides is 1. The van der Waals surface area contributed by atoms with Crippen molar-refractivity contribution in [2.75, 3.05) is 0 Å². The molecule has 0 aliphatic rings. The Hall–Kier alpha value is -3.48. The molecule has 27 heavy (non-hydrogen) atoms. The highest BCUT2D eigenvalue weighted by Crippen LogP contribution is 2.27. The number of fused-ring (bicyclic) bond motifs is 1. The Labute approximate surface area is 153 Å². The van der Waals surface area contributed by atoms with E-state index < -0.39 is 17.5 Å². The van der Waals surface area contributed by atoms with Gasteiger partial charge in [-0.05, 0) is 42.8 Å². The molecule has 2 aromatic heterocycles. The van der Waals surface area contributed by atoms with Crippen molar-refractivity contribution >= 4 is 16.8 Å². The van der Waals surface area contributed by atoms with E-state index in [1.54, 1.807) is 9.25 Å². The maximum atomic E-state index is 14.2. The lowest BCUT2D eigenvalue weighted by Crippen LogP contribution is -2.10. The summed E-state index contributed by atoms with van der Waals surface area (Å²) < 4.78 is 31.3. The number of halogens is 2. The van der Waals surface area contributed by atoms with Crippen LogP contribution >= 0.6 is 0 Å². The largest absolute Gasteiger partial charge is 0.366 e. The predicted octanol–water partition coefficient (Wildman–Crippen LogP) is 3.56. The van der Waals surface area contributed by atoms with Crippen molar-refractivity contribution in [3.8, 4) is 5.69 Å². The molecule has 0 fully saturated rings. The second-order valence-electron chi connectivity index (χ2n) is 6.36. The van der Waals surface area contributed by atoms with Gasteiger partial charge in [0, 0.05) is 18.9 Å². The third-order valence-corrected chi connectivity index (χ3v) is 4.48. The number of aryl methyl sites for hydroxylation is 1. The minimum atomic E-state index is -1.07. The number of aromatic nitrogens is 3. The lowest BCUT2D eigenvalue weighted by atomic mass is 10.1. The van der Waals surface area contributed by atoms with E-state index in [2.05, 4.69) is 5.10 Å². The van der Waals surface area contributed by atoms with Crippen LogP contribution < -0.4 is 5.73 Å². The van der Waals surface area contributed by atoms with E-state index in [-0.39, 0.29) is 10.9 Å². The number of hydrogen-bond donors (Lipinski definition) is 1. The lowest BCUT2D eigenvalue weighted by Gasteiger charge is -2.07. The first-order valence-corrected chi connectivity index (χ1v) is 8.32. The van der Waals surface area contributed by atoms with E-state index in [4.69, 9.17) is 5.73 Å². The number of nitrogens with zero attached hydrogens (tertiary/aromatic N) is 3. The molecule has 2 heterocycles. The van der Waals surface area contributed by atoms with Gasteiger partial charge in [-0.25, -0.2) is 13.5 Å². The number of amides is 1. The molecule has 0 unspecified atom stereocenters. The molecule has 4 rings (SSSR count). The van der Waals surface area contributed by atoms with Gasteiger partial charge in [0.15, 0.2) is 11.6 Å². The third-order valence-electron chi connectivity index (χ3n) is 4.48. The van der Waals surface area contributed by atoms with Gasteiger partial charge in [0.05, 0.1) is 27.8 Å². The predicted molar refractivity (Wildman–Crippen MR) is 97.8 cm³/mol. The van der Waals surface area contributed by atoms with Crippen LogP contribution in [0.4, 0.5) is 8.78 Å². The summed E-state index contributed by atoms with van der Waals surface area (Å²) in [5.74, 6) is -2.88. The summed E-state index contributed by atoms with van der Waals surface area (Å²) in [6, 6.07) is 12.1. The summed E-state index contributed by atoms with van der Waals surface area (Å²) in [6.45, 7) is 2.30. The minimum absolute atomic E-state index is 0.0364. The van der Waals surface area contributed by atoms with Crippen LogP contribution in [0.3, 0.4) is 0 Å². The minimum Gasteiger partial charge on any atom is -0.366 e. The normalized spacial score (nSPS) is 11.2. The van der Waals surface area contributed by atoms with Crippen molar-refractivity contribution in [2.45, 2.75) is 13.5 Å². The summed E-state index contributed by atoms with van der Waals surface area (Å²) in [7, 11) is 0. The fraction of sp³-hybridized carbons (Fsp3) is 0.100. The van der Waals surface area contributed by atoms with E-state index >= 15 is 0 Å². The van der Waals surface area contributed by atoms with Crippen LogP contribution in [0.25, 0.3) is 16.6 Å². The zero-order chi connectivity index (χ0) is 19.1. The SMILES string of the molecule is Cc1ccn(-c2ccc(Cn3cc(C(N)=O)c4c(F)c(F)ccc43)cc2)n1. The lowest BCUT2D eigenvalue weighted by molar-refractivity contribution is 0.100. The smallest absolute Gasteiger partial charge is 0.250 e. The number of carbonyl (C=O) groups is 1. The molecule has 0 aliphatic heterocycles. The Morgan fingerprint density at radius 3 is 2.48 bits per heavy atom. The Balaban J connectivity index is 1.71.